The molecule has 0 saturated heterocycles. The van der Waals surface area contributed by atoms with E-state index in [-0.39, 0.29) is 5.56 Å². The standard InChI is InChI=1S/C22H26N2O3S/c1-4-5-10-27-16-9-7-14(12-17(16)26-3)20-23-21(25)19-15-8-6-13(2)11-18(15)28-22(19)24-20/h7,9,12-13H,4-6,8,10-11H2,1-3H3,(H,23,24,25). The Hall–Kier alpha value is -2.34. The van der Waals surface area contributed by atoms with Crippen molar-refractivity contribution >= 4 is 21.6 Å². The van der Waals surface area contributed by atoms with E-state index in [0.717, 1.165) is 47.9 Å². The Bertz CT molecular complexity index is 1050. The highest BCUT2D eigenvalue weighted by molar-refractivity contribution is 7.18. The second kappa shape index (κ2) is 7.95. The van der Waals surface area contributed by atoms with Crippen LogP contribution in [0.15, 0.2) is 23.0 Å². The maximum atomic E-state index is 12.8. The quantitative estimate of drug-likeness (QED) is 0.596. The van der Waals surface area contributed by atoms with Gasteiger partial charge in [-0.15, -0.1) is 11.3 Å². The molecule has 1 aliphatic rings. The average Bonchev–Trinajstić information content (AvgIpc) is 3.06. The van der Waals surface area contributed by atoms with Crippen LogP contribution in [-0.2, 0) is 12.8 Å². The molecule has 0 aliphatic heterocycles. The van der Waals surface area contributed by atoms with Crippen molar-refractivity contribution < 1.29 is 9.47 Å². The SMILES string of the molecule is CCCCOc1ccc(-c2nc3sc4c(c3c(=O)[nH]2)CCC(C)C4)cc1OC. The molecule has 0 radical (unpaired) electrons. The smallest absolute Gasteiger partial charge is 0.260 e. The first-order valence-electron chi connectivity index (χ1n) is 9.96. The van der Waals surface area contributed by atoms with Gasteiger partial charge in [0.2, 0.25) is 0 Å². The number of aryl methyl sites for hydroxylation is 1. The third kappa shape index (κ3) is 3.53. The second-order valence-corrected chi connectivity index (χ2v) is 8.60. The van der Waals surface area contributed by atoms with Gasteiger partial charge in [-0.1, -0.05) is 20.3 Å². The number of unbranched alkanes of at least 4 members (excludes halogenated alkanes) is 1. The number of hydrogen-bond donors (Lipinski definition) is 1. The van der Waals surface area contributed by atoms with Gasteiger partial charge in [0.05, 0.1) is 19.1 Å². The maximum Gasteiger partial charge on any atom is 0.260 e. The summed E-state index contributed by atoms with van der Waals surface area (Å²) in [4.78, 5) is 22.8. The fourth-order valence-corrected chi connectivity index (χ4v) is 5.13. The molecule has 5 nitrogen and oxygen atoms in total. The molecule has 0 saturated carbocycles. The maximum absolute atomic E-state index is 12.8. The second-order valence-electron chi connectivity index (χ2n) is 7.51. The lowest BCUT2D eigenvalue weighted by atomic mass is 9.89. The third-order valence-electron chi connectivity index (χ3n) is 5.36. The molecular formula is C22H26N2O3S. The largest absolute Gasteiger partial charge is 0.493 e. The van der Waals surface area contributed by atoms with E-state index in [1.54, 1.807) is 18.4 Å². The first-order valence-corrected chi connectivity index (χ1v) is 10.8. The Kier molecular flexibility index (Phi) is 5.40. The molecule has 6 heteroatoms. The van der Waals surface area contributed by atoms with Gasteiger partial charge in [-0.25, -0.2) is 4.98 Å². The summed E-state index contributed by atoms with van der Waals surface area (Å²) >= 11 is 1.67. The van der Waals surface area contributed by atoms with Gasteiger partial charge >= 0.3 is 0 Å². The number of hydrogen-bond acceptors (Lipinski definition) is 5. The van der Waals surface area contributed by atoms with Crippen LogP contribution < -0.4 is 15.0 Å². The Morgan fingerprint density at radius 2 is 2.18 bits per heavy atom. The fourth-order valence-electron chi connectivity index (χ4n) is 3.75. The summed E-state index contributed by atoms with van der Waals surface area (Å²) in [5.74, 6) is 2.60. The molecule has 0 bridgehead atoms. The predicted molar refractivity (Wildman–Crippen MR) is 114 cm³/mol. The summed E-state index contributed by atoms with van der Waals surface area (Å²) < 4.78 is 11.3. The molecule has 0 fully saturated rings. The summed E-state index contributed by atoms with van der Waals surface area (Å²) in [5.41, 5.74) is 1.98. The molecule has 1 N–H and O–H groups in total. The zero-order valence-corrected chi connectivity index (χ0v) is 17.4. The normalized spacial score (nSPS) is 16.2. The number of aromatic amines is 1. The van der Waals surface area contributed by atoms with Crippen molar-refractivity contribution in [3.8, 4) is 22.9 Å². The molecular weight excluding hydrogens is 372 g/mol. The number of aromatic nitrogens is 2. The molecule has 1 aliphatic carbocycles. The van der Waals surface area contributed by atoms with E-state index in [0.29, 0.717) is 29.8 Å². The minimum absolute atomic E-state index is 0.0470. The van der Waals surface area contributed by atoms with E-state index < -0.39 is 0 Å². The van der Waals surface area contributed by atoms with Crippen LogP contribution in [-0.4, -0.2) is 23.7 Å². The molecule has 2 aromatic heterocycles. The monoisotopic (exact) mass is 398 g/mol. The number of nitrogens with one attached hydrogen (secondary N) is 1. The topological polar surface area (TPSA) is 64.2 Å². The van der Waals surface area contributed by atoms with Gasteiger partial charge in [0, 0.05) is 10.4 Å². The Balaban J connectivity index is 1.72. The molecule has 3 aromatic rings. The molecule has 1 unspecified atom stereocenters. The van der Waals surface area contributed by atoms with Crippen molar-refractivity contribution in [3.05, 3.63) is 39.0 Å². The van der Waals surface area contributed by atoms with Gasteiger partial charge in [-0.2, -0.15) is 0 Å². The highest BCUT2D eigenvalue weighted by Crippen LogP contribution is 2.37. The number of ether oxygens (including phenoxy) is 2. The fraction of sp³-hybridized carbons (Fsp3) is 0.455. The van der Waals surface area contributed by atoms with Crippen molar-refractivity contribution in [2.75, 3.05) is 13.7 Å². The van der Waals surface area contributed by atoms with Crippen molar-refractivity contribution in [2.45, 2.75) is 46.0 Å². The molecule has 2 heterocycles. The molecule has 0 amide bonds. The molecule has 28 heavy (non-hydrogen) atoms. The molecule has 0 spiro atoms. The number of nitrogens with zero attached hydrogens (tertiary/aromatic N) is 1. The van der Waals surface area contributed by atoms with Crippen LogP contribution in [0.4, 0.5) is 0 Å². The number of fused-ring (bicyclic) bond motifs is 3. The minimum atomic E-state index is -0.0470. The number of methoxy groups -OCH3 is 1. The summed E-state index contributed by atoms with van der Waals surface area (Å²) in [6.45, 7) is 5.06. The van der Waals surface area contributed by atoms with Gasteiger partial charge in [0.1, 0.15) is 10.7 Å². The van der Waals surface area contributed by atoms with E-state index in [1.165, 1.54) is 10.4 Å². The third-order valence-corrected chi connectivity index (χ3v) is 6.51. The van der Waals surface area contributed by atoms with Crippen molar-refractivity contribution in [2.24, 2.45) is 5.92 Å². The van der Waals surface area contributed by atoms with Crippen LogP contribution in [0.2, 0.25) is 0 Å². The number of thiophene rings is 1. The lowest BCUT2D eigenvalue weighted by molar-refractivity contribution is 0.288. The van der Waals surface area contributed by atoms with E-state index >= 15 is 0 Å². The van der Waals surface area contributed by atoms with Crippen LogP contribution >= 0.6 is 11.3 Å². The van der Waals surface area contributed by atoms with E-state index in [1.807, 2.05) is 18.2 Å². The lowest BCUT2D eigenvalue weighted by Crippen LogP contribution is -2.13. The van der Waals surface area contributed by atoms with Crippen LogP contribution in [0, 0.1) is 5.92 Å². The number of rotatable bonds is 6. The molecule has 148 valence electrons. The van der Waals surface area contributed by atoms with Gasteiger partial charge in [-0.3, -0.25) is 4.79 Å². The van der Waals surface area contributed by atoms with Gasteiger partial charge in [0.25, 0.3) is 5.56 Å². The first kappa shape index (κ1) is 19.0. The van der Waals surface area contributed by atoms with Gasteiger partial charge < -0.3 is 14.5 Å². The van der Waals surface area contributed by atoms with Crippen LogP contribution in [0.1, 0.15) is 43.6 Å². The number of benzene rings is 1. The Morgan fingerprint density at radius 3 is 2.96 bits per heavy atom. The van der Waals surface area contributed by atoms with E-state index in [9.17, 15) is 4.79 Å². The highest BCUT2D eigenvalue weighted by atomic mass is 32.1. The van der Waals surface area contributed by atoms with Crippen molar-refractivity contribution in [3.63, 3.8) is 0 Å². The van der Waals surface area contributed by atoms with Crippen LogP contribution in [0.5, 0.6) is 11.5 Å². The zero-order valence-electron chi connectivity index (χ0n) is 16.6. The minimum Gasteiger partial charge on any atom is -0.493 e. The van der Waals surface area contributed by atoms with Gasteiger partial charge in [-0.05, 0) is 55.4 Å². The first-order chi connectivity index (χ1) is 13.6. The van der Waals surface area contributed by atoms with Gasteiger partial charge in [0.15, 0.2) is 11.5 Å². The van der Waals surface area contributed by atoms with E-state index in [4.69, 9.17) is 14.5 Å². The average molecular weight is 399 g/mol. The van der Waals surface area contributed by atoms with Crippen molar-refractivity contribution in [1.82, 2.24) is 9.97 Å². The predicted octanol–water partition coefficient (Wildman–Crippen LogP) is 4.96. The zero-order chi connectivity index (χ0) is 19.7. The van der Waals surface area contributed by atoms with Crippen LogP contribution in [0.25, 0.3) is 21.6 Å². The summed E-state index contributed by atoms with van der Waals surface area (Å²) in [6.07, 6.45) is 5.23. The van der Waals surface area contributed by atoms with Crippen molar-refractivity contribution in [1.29, 1.82) is 0 Å². The summed E-state index contributed by atoms with van der Waals surface area (Å²) in [5, 5.41) is 0.780. The highest BCUT2D eigenvalue weighted by Gasteiger charge is 2.23. The Morgan fingerprint density at radius 1 is 1.32 bits per heavy atom. The molecule has 4 rings (SSSR count). The summed E-state index contributed by atoms with van der Waals surface area (Å²) in [7, 11) is 1.62. The molecule has 1 aromatic carbocycles. The Labute approximate surface area is 168 Å². The lowest BCUT2D eigenvalue weighted by Gasteiger charge is -2.17. The van der Waals surface area contributed by atoms with E-state index in [2.05, 4.69) is 18.8 Å². The number of H-pyrrole nitrogens is 1. The summed E-state index contributed by atoms with van der Waals surface area (Å²) in [6, 6.07) is 5.68. The van der Waals surface area contributed by atoms with Crippen LogP contribution in [0.3, 0.4) is 0 Å². The molecule has 1 atom stereocenters.